The number of ether oxygens (including phenoxy) is 1. The summed E-state index contributed by atoms with van der Waals surface area (Å²) in [5, 5.41) is 4.68. The SMILES string of the molecule is COc1cccc(-c2nn(-c3ccc(F)cc3)cc2C(=O)N2CCN(C(=O)c3ccccc3)CC2)c1. The molecule has 182 valence electrons. The van der Waals surface area contributed by atoms with E-state index in [0.29, 0.717) is 54.4 Å². The zero-order valence-corrected chi connectivity index (χ0v) is 19.8. The number of hydrogen-bond acceptors (Lipinski definition) is 4. The van der Waals surface area contributed by atoms with Crippen molar-refractivity contribution in [2.75, 3.05) is 33.3 Å². The van der Waals surface area contributed by atoms with Gasteiger partial charge in [0.25, 0.3) is 11.8 Å². The van der Waals surface area contributed by atoms with E-state index < -0.39 is 0 Å². The molecule has 1 saturated heterocycles. The van der Waals surface area contributed by atoms with E-state index in [-0.39, 0.29) is 17.6 Å². The van der Waals surface area contributed by atoms with Gasteiger partial charge in [-0.2, -0.15) is 5.10 Å². The monoisotopic (exact) mass is 484 g/mol. The number of carbonyl (C=O) groups is 2. The van der Waals surface area contributed by atoms with Crippen LogP contribution < -0.4 is 4.74 Å². The fourth-order valence-electron chi connectivity index (χ4n) is 4.29. The summed E-state index contributed by atoms with van der Waals surface area (Å²) < 4.78 is 20.4. The predicted octanol–water partition coefficient (Wildman–Crippen LogP) is 4.29. The lowest BCUT2D eigenvalue weighted by molar-refractivity contribution is 0.0536. The molecule has 0 bridgehead atoms. The van der Waals surface area contributed by atoms with Crippen LogP contribution in [0, 0.1) is 5.82 Å². The molecule has 8 heteroatoms. The summed E-state index contributed by atoms with van der Waals surface area (Å²) in [6, 6.07) is 22.4. The number of aromatic nitrogens is 2. The number of piperazine rings is 1. The van der Waals surface area contributed by atoms with E-state index in [1.54, 1.807) is 52.1 Å². The van der Waals surface area contributed by atoms with Crippen LogP contribution in [0.4, 0.5) is 4.39 Å². The summed E-state index contributed by atoms with van der Waals surface area (Å²) in [5.74, 6) is 0.0882. The molecule has 1 aliphatic rings. The maximum absolute atomic E-state index is 13.7. The van der Waals surface area contributed by atoms with Crippen LogP contribution in [-0.4, -0.2) is 64.7 Å². The zero-order valence-electron chi connectivity index (χ0n) is 19.8. The average molecular weight is 485 g/mol. The van der Waals surface area contributed by atoms with Crippen molar-refractivity contribution in [3.05, 3.63) is 102 Å². The molecule has 0 aliphatic carbocycles. The molecule has 0 saturated carbocycles. The summed E-state index contributed by atoms with van der Waals surface area (Å²) in [6.07, 6.45) is 1.67. The number of benzene rings is 3. The molecule has 3 aromatic carbocycles. The van der Waals surface area contributed by atoms with Crippen molar-refractivity contribution in [3.63, 3.8) is 0 Å². The van der Waals surface area contributed by atoms with Crippen LogP contribution >= 0.6 is 0 Å². The number of hydrogen-bond donors (Lipinski definition) is 0. The zero-order chi connectivity index (χ0) is 25.1. The van der Waals surface area contributed by atoms with Gasteiger partial charge in [-0.15, -0.1) is 0 Å². The Morgan fingerprint density at radius 2 is 1.50 bits per heavy atom. The van der Waals surface area contributed by atoms with E-state index in [2.05, 4.69) is 5.10 Å². The molecule has 4 aromatic rings. The first kappa shape index (κ1) is 23.3. The molecule has 0 spiro atoms. The second kappa shape index (κ2) is 10.0. The van der Waals surface area contributed by atoms with Crippen LogP contribution in [0.3, 0.4) is 0 Å². The Balaban J connectivity index is 1.42. The van der Waals surface area contributed by atoms with E-state index in [0.717, 1.165) is 5.56 Å². The van der Waals surface area contributed by atoms with Crippen molar-refractivity contribution in [2.24, 2.45) is 0 Å². The summed E-state index contributed by atoms with van der Waals surface area (Å²) in [7, 11) is 1.58. The highest BCUT2D eigenvalue weighted by atomic mass is 19.1. The Labute approximate surface area is 208 Å². The standard InChI is InChI=1S/C28H25FN4O3/c1-36-24-9-5-8-21(18-24)26-25(19-33(30-26)23-12-10-22(29)11-13-23)28(35)32-16-14-31(15-17-32)27(34)20-6-3-2-4-7-20/h2-13,18-19H,14-17H2,1H3. The van der Waals surface area contributed by atoms with Crippen LogP contribution in [0.15, 0.2) is 85.1 Å². The lowest BCUT2D eigenvalue weighted by Crippen LogP contribution is -2.50. The van der Waals surface area contributed by atoms with Gasteiger partial charge in [0.15, 0.2) is 0 Å². The molecular weight excluding hydrogens is 459 g/mol. The highest BCUT2D eigenvalue weighted by molar-refractivity contribution is 6.00. The topological polar surface area (TPSA) is 67.7 Å². The highest BCUT2D eigenvalue weighted by Crippen LogP contribution is 2.28. The lowest BCUT2D eigenvalue weighted by Gasteiger charge is -2.34. The molecule has 2 heterocycles. The number of rotatable bonds is 5. The third-order valence-electron chi connectivity index (χ3n) is 6.25. The smallest absolute Gasteiger partial charge is 0.257 e. The predicted molar refractivity (Wildman–Crippen MR) is 134 cm³/mol. The van der Waals surface area contributed by atoms with Gasteiger partial charge in [0.1, 0.15) is 17.3 Å². The van der Waals surface area contributed by atoms with Crippen LogP contribution in [-0.2, 0) is 0 Å². The fraction of sp³-hybridized carbons (Fsp3) is 0.179. The Hall–Kier alpha value is -4.46. The number of halogens is 1. The minimum Gasteiger partial charge on any atom is -0.497 e. The molecule has 36 heavy (non-hydrogen) atoms. The average Bonchev–Trinajstić information content (AvgIpc) is 3.39. The van der Waals surface area contributed by atoms with Crippen LogP contribution in [0.2, 0.25) is 0 Å². The summed E-state index contributed by atoms with van der Waals surface area (Å²) in [6.45, 7) is 1.72. The molecule has 0 radical (unpaired) electrons. The normalized spacial score (nSPS) is 13.5. The van der Waals surface area contributed by atoms with Gasteiger partial charge in [-0.25, -0.2) is 9.07 Å². The van der Waals surface area contributed by atoms with Crippen LogP contribution in [0.25, 0.3) is 16.9 Å². The van der Waals surface area contributed by atoms with Gasteiger partial charge in [-0.05, 0) is 48.5 Å². The van der Waals surface area contributed by atoms with Crippen molar-refractivity contribution in [2.45, 2.75) is 0 Å². The third kappa shape index (κ3) is 4.70. The number of methoxy groups -OCH3 is 1. The third-order valence-corrected chi connectivity index (χ3v) is 6.25. The Bertz CT molecular complexity index is 1380. The molecule has 1 fully saturated rings. The van der Waals surface area contributed by atoms with Crippen molar-refractivity contribution in [1.29, 1.82) is 0 Å². The molecule has 7 nitrogen and oxygen atoms in total. The molecule has 0 N–H and O–H groups in total. The fourth-order valence-corrected chi connectivity index (χ4v) is 4.29. The first-order valence-electron chi connectivity index (χ1n) is 11.7. The van der Waals surface area contributed by atoms with Gasteiger partial charge in [0.2, 0.25) is 0 Å². The Kier molecular flexibility index (Phi) is 6.49. The van der Waals surface area contributed by atoms with Crippen LogP contribution in [0.5, 0.6) is 5.75 Å². The Morgan fingerprint density at radius 3 is 2.17 bits per heavy atom. The van der Waals surface area contributed by atoms with Gasteiger partial charge >= 0.3 is 0 Å². The first-order chi connectivity index (χ1) is 17.5. The molecule has 1 aromatic heterocycles. The number of nitrogens with zero attached hydrogens (tertiary/aromatic N) is 4. The first-order valence-corrected chi connectivity index (χ1v) is 11.7. The highest BCUT2D eigenvalue weighted by Gasteiger charge is 2.28. The van der Waals surface area contributed by atoms with E-state index >= 15 is 0 Å². The molecule has 1 aliphatic heterocycles. The molecule has 0 unspecified atom stereocenters. The molecule has 2 amide bonds. The van der Waals surface area contributed by atoms with Crippen molar-refractivity contribution < 1.29 is 18.7 Å². The summed E-state index contributed by atoms with van der Waals surface area (Å²) in [5.41, 5.74) is 2.94. The number of amides is 2. The van der Waals surface area contributed by atoms with Crippen molar-refractivity contribution in [1.82, 2.24) is 19.6 Å². The van der Waals surface area contributed by atoms with E-state index in [9.17, 15) is 14.0 Å². The minimum absolute atomic E-state index is 0.0381. The van der Waals surface area contributed by atoms with Gasteiger partial charge in [-0.1, -0.05) is 30.3 Å². The second-order valence-electron chi connectivity index (χ2n) is 8.49. The van der Waals surface area contributed by atoms with E-state index in [1.165, 1.54) is 12.1 Å². The Morgan fingerprint density at radius 1 is 0.833 bits per heavy atom. The van der Waals surface area contributed by atoms with Crippen molar-refractivity contribution in [3.8, 4) is 22.7 Å². The van der Waals surface area contributed by atoms with Gasteiger partial charge in [-0.3, -0.25) is 9.59 Å². The largest absolute Gasteiger partial charge is 0.497 e. The molecular formula is C28H25FN4O3. The maximum atomic E-state index is 13.7. The minimum atomic E-state index is -0.349. The van der Waals surface area contributed by atoms with Crippen molar-refractivity contribution >= 4 is 11.8 Å². The molecule has 5 rings (SSSR count). The van der Waals surface area contributed by atoms with Gasteiger partial charge < -0.3 is 14.5 Å². The van der Waals surface area contributed by atoms with E-state index in [4.69, 9.17) is 4.74 Å². The maximum Gasteiger partial charge on any atom is 0.257 e. The van der Waals surface area contributed by atoms with Gasteiger partial charge in [0.05, 0.1) is 18.4 Å². The molecule has 0 atom stereocenters. The summed E-state index contributed by atoms with van der Waals surface area (Å²) >= 11 is 0. The second-order valence-corrected chi connectivity index (χ2v) is 8.49. The van der Waals surface area contributed by atoms with E-state index in [1.807, 2.05) is 42.5 Å². The summed E-state index contributed by atoms with van der Waals surface area (Å²) in [4.78, 5) is 30.0. The quantitative estimate of drug-likeness (QED) is 0.424. The lowest BCUT2D eigenvalue weighted by atomic mass is 10.1. The van der Waals surface area contributed by atoms with Crippen LogP contribution in [0.1, 0.15) is 20.7 Å². The van der Waals surface area contributed by atoms with Gasteiger partial charge in [0, 0.05) is 43.5 Å². The number of carbonyl (C=O) groups excluding carboxylic acids is 2.